The van der Waals surface area contributed by atoms with Crippen molar-refractivity contribution in [1.82, 2.24) is 10.2 Å². The normalized spacial score (nSPS) is 18.7. The zero-order valence-corrected chi connectivity index (χ0v) is 13.7. The number of nitrogens with one attached hydrogen (secondary N) is 1. The van der Waals surface area contributed by atoms with E-state index < -0.39 is 0 Å². The fourth-order valence-electron chi connectivity index (χ4n) is 2.52. The van der Waals surface area contributed by atoms with Gasteiger partial charge in [-0.3, -0.25) is 0 Å². The van der Waals surface area contributed by atoms with Crippen LogP contribution >= 0.6 is 27.3 Å². The average molecular weight is 331 g/mol. The SMILES string of the molecule is CC(C)CN1CCC(NCc2sccc2Br)CC1. The van der Waals surface area contributed by atoms with E-state index in [1.807, 2.05) is 11.3 Å². The fourth-order valence-corrected chi connectivity index (χ4v) is 3.97. The summed E-state index contributed by atoms with van der Waals surface area (Å²) in [4.78, 5) is 4.02. The second-order valence-electron chi connectivity index (χ2n) is 5.54. The van der Waals surface area contributed by atoms with Crippen molar-refractivity contribution in [2.45, 2.75) is 39.3 Å². The summed E-state index contributed by atoms with van der Waals surface area (Å²) in [5, 5.41) is 5.84. The van der Waals surface area contributed by atoms with Crippen molar-refractivity contribution in [3.63, 3.8) is 0 Å². The molecule has 1 aliphatic heterocycles. The Hall–Kier alpha value is 0.100. The molecule has 2 nitrogen and oxygen atoms in total. The maximum absolute atomic E-state index is 3.69. The van der Waals surface area contributed by atoms with E-state index in [2.05, 4.69) is 51.4 Å². The van der Waals surface area contributed by atoms with Crippen molar-refractivity contribution in [2.75, 3.05) is 19.6 Å². The van der Waals surface area contributed by atoms with Crippen molar-refractivity contribution in [3.8, 4) is 0 Å². The summed E-state index contributed by atoms with van der Waals surface area (Å²) < 4.78 is 1.25. The van der Waals surface area contributed by atoms with E-state index in [4.69, 9.17) is 0 Å². The van der Waals surface area contributed by atoms with E-state index in [0.717, 1.165) is 12.5 Å². The first kappa shape index (κ1) is 14.5. The van der Waals surface area contributed by atoms with Crippen molar-refractivity contribution in [2.24, 2.45) is 5.92 Å². The van der Waals surface area contributed by atoms with Crippen LogP contribution in [0.1, 0.15) is 31.6 Å². The van der Waals surface area contributed by atoms with E-state index in [0.29, 0.717) is 6.04 Å². The van der Waals surface area contributed by atoms with E-state index in [1.165, 1.54) is 41.8 Å². The number of piperidine rings is 1. The highest BCUT2D eigenvalue weighted by Gasteiger charge is 2.19. The molecule has 1 N–H and O–H groups in total. The van der Waals surface area contributed by atoms with E-state index in [1.54, 1.807) is 0 Å². The second-order valence-corrected chi connectivity index (χ2v) is 7.40. The van der Waals surface area contributed by atoms with Gasteiger partial charge < -0.3 is 10.2 Å². The van der Waals surface area contributed by atoms with Gasteiger partial charge in [0.2, 0.25) is 0 Å². The van der Waals surface area contributed by atoms with Gasteiger partial charge in [-0.25, -0.2) is 0 Å². The quantitative estimate of drug-likeness (QED) is 0.885. The molecule has 0 spiro atoms. The lowest BCUT2D eigenvalue weighted by Crippen LogP contribution is -2.43. The van der Waals surface area contributed by atoms with Crippen LogP contribution in [0.15, 0.2) is 15.9 Å². The van der Waals surface area contributed by atoms with Gasteiger partial charge in [-0.15, -0.1) is 11.3 Å². The lowest BCUT2D eigenvalue weighted by atomic mass is 10.0. The molecule has 1 aromatic heterocycles. The van der Waals surface area contributed by atoms with Crippen molar-refractivity contribution in [3.05, 3.63) is 20.8 Å². The van der Waals surface area contributed by atoms with Crippen LogP contribution < -0.4 is 5.32 Å². The first-order chi connectivity index (χ1) is 8.65. The van der Waals surface area contributed by atoms with Gasteiger partial charge in [0.1, 0.15) is 0 Å². The Morgan fingerprint density at radius 2 is 2.17 bits per heavy atom. The van der Waals surface area contributed by atoms with Gasteiger partial charge in [-0.1, -0.05) is 13.8 Å². The lowest BCUT2D eigenvalue weighted by Gasteiger charge is -2.33. The monoisotopic (exact) mass is 330 g/mol. The molecule has 1 saturated heterocycles. The van der Waals surface area contributed by atoms with Crippen LogP contribution in [-0.2, 0) is 6.54 Å². The number of halogens is 1. The summed E-state index contributed by atoms with van der Waals surface area (Å²) in [6.07, 6.45) is 2.57. The first-order valence-corrected chi connectivity index (χ1v) is 8.50. The van der Waals surface area contributed by atoms with Gasteiger partial charge in [-0.05, 0) is 59.2 Å². The molecule has 1 aliphatic rings. The molecular weight excluding hydrogens is 308 g/mol. The third kappa shape index (κ3) is 4.34. The standard InChI is InChI=1S/C14H23BrN2S/c1-11(2)10-17-6-3-12(4-7-17)16-9-14-13(15)5-8-18-14/h5,8,11-12,16H,3-4,6-7,9-10H2,1-2H3. The summed E-state index contributed by atoms with van der Waals surface area (Å²) >= 11 is 5.42. The van der Waals surface area contributed by atoms with E-state index in [9.17, 15) is 0 Å². The molecule has 2 rings (SSSR count). The third-order valence-electron chi connectivity index (χ3n) is 3.45. The first-order valence-electron chi connectivity index (χ1n) is 6.82. The highest BCUT2D eigenvalue weighted by molar-refractivity contribution is 9.10. The van der Waals surface area contributed by atoms with Gasteiger partial charge in [0.05, 0.1) is 0 Å². The zero-order valence-electron chi connectivity index (χ0n) is 11.3. The minimum Gasteiger partial charge on any atom is -0.309 e. The maximum atomic E-state index is 3.69. The smallest absolute Gasteiger partial charge is 0.0327 e. The summed E-state index contributed by atoms with van der Waals surface area (Å²) in [6, 6.07) is 2.83. The fraction of sp³-hybridized carbons (Fsp3) is 0.714. The molecule has 1 fully saturated rings. The molecule has 0 bridgehead atoms. The van der Waals surface area contributed by atoms with E-state index in [-0.39, 0.29) is 0 Å². The lowest BCUT2D eigenvalue weighted by molar-refractivity contribution is 0.179. The maximum Gasteiger partial charge on any atom is 0.0327 e. The Morgan fingerprint density at radius 3 is 2.72 bits per heavy atom. The molecule has 1 aromatic rings. The van der Waals surface area contributed by atoms with Gasteiger partial charge >= 0.3 is 0 Å². The minimum absolute atomic E-state index is 0.697. The molecule has 4 heteroatoms. The third-order valence-corrected chi connectivity index (χ3v) is 5.38. The molecule has 102 valence electrons. The molecule has 0 aromatic carbocycles. The average Bonchev–Trinajstić information content (AvgIpc) is 2.73. The Bertz CT molecular complexity index is 356. The molecule has 0 aliphatic carbocycles. The van der Waals surface area contributed by atoms with Gasteiger partial charge in [0, 0.05) is 28.5 Å². The Morgan fingerprint density at radius 1 is 1.44 bits per heavy atom. The second kappa shape index (κ2) is 7.04. The highest BCUT2D eigenvalue weighted by atomic mass is 79.9. The summed E-state index contributed by atoms with van der Waals surface area (Å²) in [6.45, 7) is 9.37. The Labute approximate surface area is 123 Å². The van der Waals surface area contributed by atoms with Crippen LogP contribution in [0.2, 0.25) is 0 Å². The number of hydrogen-bond acceptors (Lipinski definition) is 3. The number of rotatable bonds is 5. The van der Waals surface area contributed by atoms with Gasteiger partial charge in [0.15, 0.2) is 0 Å². The van der Waals surface area contributed by atoms with E-state index >= 15 is 0 Å². The molecule has 18 heavy (non-hydrogen) atoms. The Kier molecular flexibility index (Phi) is 5.67. The molecule has 0 atom stereocenters. The summed E-state index contributed by atoms with van der Waals surface area (Å²) in [7, 11) is 0. The molecule has 0 unspecified atom stereocenters. The number of hydrogen-bond donors (Lipinski definition) is 1. The van der Waals surface area contributed by atoms with Crippen LogP contribution in [0, 0.1) is 5.92 Å². The van der Waals surface area contributed by atoms with Crippen molar-refractivity contribution in [1.29, 1.82) is 0 Å². The van der Waals surface area contributed by atoms with Gasteiger partial charge in [-0.2, -0.15) is 0 Å². The topological polar surface area (TPSA) is 15.3 Å². The van der Waals surface area contributed by atoms with Crippen LogP contribution in [-0.4, -0.2) is 30.6 Å². The molecule has 0 radical (unpaired) electrons. The van der Waals surface area contributed by atoms with Crippen LogP contribution in [0.5, 0.6) is 0 Å². The number of nitrogens with zero attached hydrogens (tertiary/aromatic N) is 1. The summed E-state index contributed by atoms with van der Waals surface area (Å²) in [5.74, 6) is 0.789. The molecule has 0 amide bonds. The predicted octanol–water partition coefficient (Wildman–Crippen LogP) is 3.72. The van der Waals surface area contributed by atoms with Crippen molar-refractivity contribution >= 4 is 27.3 Å². The van der Waals surface area contributed by atoms with Crippen LogP contribution in [0.4, 0.5) is 0 Å². The van der Waals surface area contributed by atoms with Crippen LogP contribution in [0.3, 0.4) is 0 Å². The number of thiophene rings is 1. The van der Waals surface area contributed by atoms with Crippen LogP contribution in [0.25, 0.3) is 0 Å². The summed E-state index contributed by atoms with van der Waals surface area (Å²) in [5.41, 5.74) is 0. The largest absolute Gasteiger partial charge is 0.309 e. The minimum atomic E-state index is 0.697. The predicted molar refractivity (Wildman–Crippen MR) is 83.2 cm³/mol. The highest BCUT2D eigenvalue weighted by Crippen LogP contribution is 2.23. The van der Waals surface area contributed by atoms with Crippen molar-refractivity contribution < 1.29 is 0 Å². The number of likely N-dealkylation sites (tertiary alicyclic amines) is 1. The zero-order chi connectivity index (χ0) is 13.0. The Balaban J connectivity index is 1.69. The molecule has 2 heterocycles. The molecule has 0 saturated carbocycles. The van der Waals surface area contributed by atoms with Gasteiger partial charge in [0.25, 0.3) is 0 Å². The molecular formula is C14H23BrN2S.